The number of pyridine rings is 1. The third-order valence-corrected chi connectivity index (χ3v) is 4.00. The lowest BCUT2D eigenvalue weighted by molar-refractivity contribution is -0.122. The number of rotatable bonds is 3. The van der Waals surface area contributed by atoms with E-state index in [0.717, 1.165) is 35.3 Å². The van der Waals surface area contributed by atoms with Gasteiger partial charge in [-0.05, 0) is 25.0 Å². The van der Waals surface area contributed by atoms with E-state index >= 15 is 0 Å². The summed E-state index contributed by atoms with van der Waals surface area (Å²) in [5.74, 6) is -0.0629. The first-order valence-corrected chi connectivity index (χ1v) is 7.28. The topological polar surface area (TPSA) is 77.6 Å². The van der Waals surface area contributed by atoms with Gasteiger partial charge < -0.3 is 9.88 Å². The van der Waals surface area contributed by atoms with Crippen molar-refractivity contribution in [2.45, 2.75) is 32.5 Å². The first-order valence-electron chi connectivity index (χ1n) is 7.28. The molecule has 3 aromatic heterocycles. The Morgan fingerprint density at radius 3 is 3.23 bits per heavy atom. The average Bonchev–Trinajstić information content (AvgIpc) is 3.17. The van der Waals surface area contributed by atoms with Crippen molar-refractivity contribution in [3.05, 3.63) is 42.2 Å². The summed E-state index contributed by atoms with van der Waals surface area (Å²) in [6.07, 6.45) is 8.04. The lowest BCUT2D eigenvalue weighted by Crippen LogP contribution is -2.30. The van der Waals surface area contributed by atoms with E-state index < -0.39 is 0 Å². The highest BCUT2D eigenvalue weighted by molar-refractivity contribution is 5.80. The van der Waals surface area contributed by atoms with Crippen molar-refractivity contribution in [1.82, 2.24) is 29.6 Å². The molecule has 1 aliphatic heterocycles. The van der Waals surface area contributed by atoms with Crippen molar-refractivity contribution in [3.8, 4) is 0 Å². The molecule has 7 nitrogen and oxygen atoms in total. The van der Waals surface area contributed by atoms with Crippen LogP contribution in [0.5, 0.6) is 0 Å². The number of aryl methyl sites for hydroxylation is 2. The maximum Gasteiger partial charge on any atom is 0.242 e. The van der Waals surface area contributed by atoms with Crippen LogP contribution in [0.15, 0.2) is 31.0 Å². The molecule has 112 valence electrons. The van der Waals surface area contributed by atoms with Crippen molar-refractivity contribution in [3.63, 3.8) is 0 Å². The number of fused-ring (bicyclic) bond motifs is 2. The van der Waals surface area contributed by atoms with Crippen molar-refractivity contribution in [1.29, 1.82) is 0 Å². The van der Waals surface area contributed by atoms with Crippen LogP contribution in [0, 0.1) is 6.92 Å². The number of nitrogens with one attached hydrogen (secondary N) is 1. The second-order valence-corrected chi connectivity index (χ2v) is 5.65. The normalized spacial score (nSPS) is 16.9. The highest BCUT2D eigenvalue weighted by atomic mass is 16.2. The minimum Gasteiger partial charge on any atom is -0.346 e. The second kappa shape index (κ2) is 4.94. The second-order valence-electron chi connectivity index (χ2n) is 5.65. The summed E-state index contributed by atoms with van der Waals surface area (Å²) < 4.78 is 3.70. The van der Waals surface area contributed by atoms with Crippen LogP contribution in [0.4, 0.5) is 0 Å². The first-order chi connectivity index (χ1) is 10.7. The van der Waals surface area contributed by atoms with Gasteiger partial charge in [-0.2, -0.15) is 5.10 Å². The van der Waals surface area contributed by atoms with Crippen molar-refractivity contribution >= 4 is 16.9 Å². The van der Waals surface area contributed by atoms with Gasteiger partial charge in [-0.15, -0.1) is 0 Å². The molecule has 0 saturated heterocycles. The van der Waals surface area contributed by atoms with Gasteiger partial charge in [-0.1, -0.05) is 0 Å². The number of amides is 1. The molecule has 1 unspecified atom stereocenters. The van der Waals surface area contributed by atoms with E-state index in [9.17, 15) is 4.79 Å². The maximum absolute atomic E-state index is 12.3. The molecule has 1 N–H and O–H groups in total. The lowest BCUT2D eigenvalue weighted by Gasteiger charge is -2.12. The van der Waals surface area contributed by atoms with Crippen molar-refractivity contribution in [2.24, 2.45) is 0 Å². The van der Waals surface area contributed by atoms with Crippen molar-refractivity contribution in [2.75, 3.05) is 0 Å². The van der Waals surface area contributed by atoms with Gasteiger partial charge >= 0.3 is 0 Å². The molecule has 0 aromatic carbocycles. The molecule has 0 saturated carbocycles. The van der Waals surface area contributed by atoms with Crippen LogP contribution in [-0.2, 0) is 17.9 Å². The molecular formula is C15H16N6O. The Morgan fingerprint density at radius 1 is 1.41 bits per heavy atom. The number of carbonyl (C=O) groups excluding carboxylic acids is 1. The monoisotopic (exact) mass is 296 g/mol. The van der Waals surface area contributed by atoms with E-state index in [-0.39, 0.29) is 18.5 Å². The predicted octanol–water partition coefficient (Wildman–Crippen LogP) is 1.20. The number of hydrogen-bond donors (Lipinski definition) is 1. The largest absolute Gasteiger partial charge is 0.346 e. The van der Waals surface area contributed by atoms with Crippen molar-refractivity contribution < 1.29 is 4.79 Å². The number of aromatic nitrogens is 5. The Kier molecular flexibility index (Phi) is 2.92. The van der Waals surface area contributed by atoms with E-state index in [2.05, 4.69) is 25.0 Å². The summed E-state index contributed by atoms with van der Waals surface area (Å²) in [5.41, 5.74) is 2.88. The van der Waals surface area contributed by atoms with Gasteiger partial charge in [-0.25, -0.2) is 14.6 Å². The standard InChI is InChI=1S/C15H16N6O/c1-10-4-11-6-18-21(15(11)17-5-10)8-14(22)19-12-2-3-20-9-16-7-13(12)20/h4-7,9,12H,2-3,8H2,1H3,(H,19,22). The number of carbonyl (C=O) groups is 1. The Labute approximate surface area is 127 Å². The molecule has 1 amide bonds. The quantitative estimate of drug-likeness (QED) is 0.787. The fraction of sp³-hybridized carbons (Fsp3) is 0.333. The summed E-state index contributed by atoms with van der Waals surface area (Å²) in [7, 11) is 0. The molecule has 0 aliphatic carbocycles. The van der Waals surface area contributed by atoms with E-state index in [1.54, 1.807) is 23.4 Å². The Bertz CT molecular complexity index is 849. The maximum atomic E-state index is 12.3. The molecule has 0 spiro atoms. The van der Waals surface area contributed by atoms with Gasteiger partial charge in [-0.3, -0.25) is 4.79 Å². The fourth-order valence-corrected chi connectivity index (χ4v) is 2.94. The van der Waals surface area contributed by atoms with E-state index in [1.165, 1.54) is 0 Å². The van der Waals surface area contributed by atoms with E-state index in [4.69, 9.17) is 0 Å². The molecule has 1 atom stereocenters. The van der Waals surface area contributed by atoms with Crippen LogP contribution in [0.25, 0.3) is 11.0 Å². The number of hydrogen-bond acceptors (Lipinski definition) is 4. The average molecular weight is 296 g/mol. The summed E-state index contributed by atoms with van der Waals surface area (Å²) in [5, 5.41) is 8.26. The van der Waals surface area contributed by atoms with Gasteiger partial charge in [0.25, 0.3) is 0 Å². The van der Waals surface area contributed by atoms with Gasteiger partial charge in [0.2, 0.25) is 5.91 Å². The molecule has 0 radical (unpaired) electrons. The van der Waals surface area contributed by atoms with Gasteiger partial charge in [0, 0.05) is 18.1 Å². The van der Waals surface area contributed by atoms with Gasteiger partial charge in [0.1, 0.15) is 6.54 Å². The zero-order chi connectivity index (χ0) is 15.1. The molecule has 4 heterocycles. The highest BCUT2D eigenvalue weighted by Gasteiger charge is 2.24. The number of imidazole rings is 1. The van der Waals surface area contributed by atoms with Gasteiger partial charge in [0.05, 0.1) is 30.5 Å². The molecule has 1 aliphatic rings. The minimum absolute atomic E-state index is 0.0343. The summed E-state index contributed by atoms with van der Waals surface area (Å²) in [6.45, 7) is 3.05. The molecule has 4 rings (SSSR count). The predicted molar refractivity (Wildman–Crippen MR) is 80.0 cm³/mol. The third-order valence-electron chi connectivity index (χ3n) is 4.00. The Balaban J connectivity index is 1.50. The number of nitrogens with zero attached hydrogens (tertiary/aromatic N) is 5. The smallest absolute Gasteiger partial charge is 0.242 e. The molecule has 0 bridgehead atoms. The molecule has 0 fully saturated rings. The van der Waals surface area contributed by atoms with Crippen LogP contribution in [0.1, 0.15) is 23.7 Å². The molecule has 3 aromatic rings. The summed E-state index contributed by atoms with van der Waals surface area (Å²) >= 11 is 0. The summed E-state index contributed by atoms with van der Waals surface area (Å²) in [4.78, 5) is 20.7. The van der Waals surface area contributed by atoms with Crippen LogP contribution in [0.2, 0.25) is 0 Å². The SMILES string of the molecule is Cc1cnc2c(cnn2CC(=O)NC2CCn3cncc32)c1. The first kappa shape index (κ1) is 13.0. The Hall–Kier alpha value is -2.70. The van der Waals surface area contributed by atoms with Crippen LogP contribution >= 0.6 is 0 Å². The fourth-order valence-electron chi connectivity index (χ4n) is 2.94. The third kappa shape index (κ3) is 2.14. The molecule has 7 heteroatoms. The van der Waals surface area contributed by atoms with E-state index in [1.807, 2.05) is 19.2 Å². The minimum atomic E-state index is -0.0629. The molecular weight excluding hydrogens is 280 g/mol. The zero-order valence-corrected chi connectivity index (χ0v) is 12.2. The molecule has 22 heavy (non-hydrogen) atoms. The van der Waals surface area contributed by atoms with Crippen LogP contribution in [0.3, 0.4) is 0 Å². The van der Waals surface area contributed by atoms with Gasteiger partial charge in [0.15, 0.2) is 5.65 Å². The van der Waals surface area contributed by atoms with Crippen LogP contribution < -0.4 is 5.32 Å². The van der Waals surface area contributed by atoms with E-state index in [0.29, 0.717) is 0 Å². The van der Waals surface area contributed by atoms with Crippen LogP contribution in [-0.4, -0.2) is 30.2 Å². The Morgan fingerprint density at radius 2 is 2.32 bits per heavy atom. The zero-order valence-electron chi connectivity index (χ0n) is 12.2. The summed E-state index contributed by atoms with van der Waals surface area (Å²) in [6, 6.07) is 2.05. The lowest BCUT2D eigenvalue weighted by atomic mass is 10.2. The highest BCUT2D eigenvalue weighted by Crippen LogP contribution is 2.24.